The number of rotatable bonds is 7. The molecule has 0 heterocycles. The SMILES string of the molecule is O=C(OCCl)OC12CC3CC(C1)CC(C(=O)OCC(F)C(F)S(=O)(=O)O)(C3)C2. The molecule has 160 valence electrons. The zero-order valence-electron chi connectivity index (χ0n) is 14.8. The number of hydrogen-bond acceptors (Lipinski definition) is 7. The van der Waals surface area contributed by atoms with Crippen LogP contribution >= 0.6 is 11.6 Å². The van der Waals surface area contributed by atoms with E-state index >= 15 is 0 Å². The molecule has 0 radical (unpaired) electrons. The summed E-state index contributed by atoms with van der Waals surface area (Å²) in [4.78, 5) is 24.5. The third-order valence-electron chi connectivity index (χ3n) is 5.86. The smallest absolute Gasteiger partial charge is 0.462 e. The largest absolute Gasteiger partial charge is 0.510 e. The van der Waals surface area contributed by atoms with Crippen molar-refractivity contribution in [2.45, 2.75) is 55.8 Å². The summed E-state index contributed by atoms with van der Waals surface area (Å²) in [5.74, 6) is -0.582. The van der Waals surface area contributed by atoms with Crippen molar-refractivity contribution in [1.29, 1.82) is 0 Å². The molecule has 0 saturated heterocycles. The molecule has 4 aliphatic carbocycles. The zero-order chi connectivity index (χ0) is 20.7. The van der Waals surface area contributed by atoms with Gasteiger partial charge in [-0.25, -0.2) is 13.6 Å². The van der Waals surface area contributed by atoms with Gasteiger partial charge in [0.25, 0.3) is 5.50 Å². The first-order valence-corrected chi connectivity index (χ1v) is 10.9. The van der Waals surface area contributed by atoms with Crippen molar-refractivity contribution in [3.8, 4) is 0 Å². The number of hydrogen-bond donors (Lipinski definition) is 1. The van der Waals surface area contributed by atoms with Gasteiger partial charge in [-0.05, 0) is 43.9 Å². The van der Waals surface area contributed by atoms with Crippen LogP contribution in [0.25, 0.3) is 0 Å². The molecule has 0 aromatic rings. The number of carbonyl (C=O) groups is 2. The molecule has 0 amide bonds. The molecule has 12 heteroatoms. The lowest BCUT2D eigenvalue weighted by molar-refractivity contribution is -0.201. The Labute approximate surface area is 165 Å². The summed E-state index contributed by atoms with van der Waals surface area (Å²) >= 11 is 5.37. The Morgan fingerprint density at radius 1 is 1.14 bits per heavy atom. The van der Waals surface area contributed by atoms with Gasteiger partial charge in [0.2, 0.25) is 0 Å². The van der Waals surface area contributed by atoms with Gasteiger partial charge in [0.05, 0.1) is 5.41 Å². The lowest BCUT2D eigenvalue weighted by Crippen LogP contribution is -2.60. The van der Waals surface area contributed by atoms with E-state index < -0.39 is 51.5 Å². The summed E-state index contributed by atoms with van der Waals surface area (Å²) in [6, 6.07) is -0.370. The van der Waals surface area contributed by atoms with E-state index in [4.69, 9.17) is 25.6 Å². The van der Waals surface area contributed by atoms with Gasteiger partial charge in [-0.1, -0.05) is 11.6 Å². The van der Waals surface area contributed by atoms with Crippen LogP contribution in [-0.2, 0) is 29.1 Å². The van der Waals surface area contributed by atoms with Crippen LogP contribution in [0.5, 0.6) is 0 Å². The van der Waals surface area contributed by atoms with Crippen molar-refractivity contribution in [2.75, 3.05) is 12.7 Å². The van der Waals surface area contributed by atoms with E-state index in [1.807, 2.05) is 0 Å². The minimum absolute atomic E-state index is 0.102. The van der Waals surface area contributed by atoms with Crippen LogP contribution in [0, 0.1) is 17.3 Å². The highest BCUT2D eigenvalue weighted by Gasteiger charge is 2.63. The van der Waals surface area contributed by atoms with Crippen LogP contribution in [0.2, 0.25) is 0 Å². The standard InChI is InChI=1S/C16H21ClF2O8S/c17-8-26-14(21)27-16-4-9-1-10(5-16)3-15(2-9,7-16)13(20)25-6-11(18)12(19)28(22,23)24/h9-12H,1-8H2,(H,22,23,24). The summed E-state index contributed by atoms with van der Waals surface area (Å²) in [6.45, 7) is -1.14. The highest BCUT2D eigenvalue weighted by molar-refractivity contribution is 7.86. The number of carbonyl (C=O) groups excluding carboxylic acids is 2. The highest BCUT2D eigenvalue weighted by atomic mass is 35.5. The summed E-state index contributed by atoms with van der Waals surface area (Å²) in [7, 11) is -5.24. The van der Waals surface area contributed by atoms with Gasteiger partial charge < -0.3 is 14.2 Å². The maximum atomic E-state index is 13.7. The number of esters is 1. The lowest BCUT2D eigenvalue weighted by Gasteiger charge is -2.59. The van der Waals surface area contributed by atoms with Gasteiger partial charge in [0.15, 0.2) is 12.2 Å². The average Bonchev–Trinajstić information content (AvgIpc) is 2.56. The normalized spacial score (nSPS) is 35.9. The summed E-state index contributed by atoms with van der Waals surface area (Å²) in [6.07, 6.45) is -0.551. The van der Waals surface area contributed by atoms with Crippen LogP contribution in [0.3, 0.4) is 0 Å². The van der Waals surface area contributed by atoms with Crippen LogP contribution in [0.4, 0.5) is 13.6 Å². The fourth-order valence-corrected chi connectivity index (χ4v) is 5.90. The maximum Gasteiger partial charge on any atom is 0.510 e. The molecule has 8 nitrogen and oxygen atoms in total. The topological polar surface area (TPSA) is 116 Å². The van der Waals surface area contributed by atoms with Crippen LogP contribution in [0.1, 0.15) is 38.5 Å². The monoisotopic (exact) mass is 446 g/mol. The molecule has 4 aliphatic rings. The predicted octanol–water partition coefficient (Wildman–Crippen LogP) is 2.74. The predicted molar refractivity (Wildman–Crippen MR) is 90.4 cm³/mol. The molecule has 4 fully saturated rings. The first kappa shape index (κ1) is 21.5. The first-order valence-electron chi connectivity index (χ1n) is 8.82. The molecule has 0 aromatic heterocycles. The third kappa shape index (κ3) is 4.20. The minimum atomic E-state index is -5.24. The second-order valence-corrected chi connectivity index (χ2v) is 9.71. The molecule has 0 aromatic carbocycles. The zero-order valence-corrected chi connectivity index (χ0v) is 16.4. The number of halogens is 3. The molecule has 4 unspecified atom stereocenters. The molecular formula is C16H21ClF2O8S. The Kier molecular flexibility index (Phi) is 5.81. The van der Waals surface area contributed by atoms with E-state index in [2.05, 4.69) is 4.74 Å². The van der Waals surface area contributed by atoms with E-state index in [-0.39, 0.29) is 24.3 Å². The Hall–Kier alpha value is -1.20. The third-order valence-corrected chi connectivity index (χ3v) is 6.83. The van der Waals surface area contributed by atoms with Crippen molar-refractivity contribution in [3.63, 3.8) is 0 Å². The second-order valence-electron chi connectivity index (χ2n) is 8.01. The van der Waals surface area contributed by atoms with Crippen molar-refractivity contribution in [2.24, 2.45) is 17.3 Å². The summed E-state index contributed by atoms with van der Waals surface area (Å²) in [5.41, 5.74) is -5.12. The molecule has 0 aliphatic heterocycles. The quantitative estimate of drug-likeness (QED) is 0.360. The number of alkyl halides is 3. The fraction of sp³-hybridized carbons (Fsp3) is 0.875. The summed E-state index contributed by atoms with van der Waals surface area (Å²) in [5, 5.41) is 0. The van der Waals surface area contributed by atoms with E-state index in [0.29, 0.717) is 25.7 Å². The molecule has 4 atom stereocenters. The van der Waals surface area contributed by atoms with Crippen LogP contribution in [0.15, 0.2) is 0 Å². The van der Waals surface area contributed by atoms with Crippen molar-refractivity contribution >= 4 is 33.8 Å². The number of ether oxygens (including phenoxy) is 3. The Morgan fingerprint density at radius 2 is 1.75 bits per heavy atom. The lowest BCUT2D eigenvalue weighted by atomic mass is 9.48. The van der Waals surface area contributed by atoms with Crippen LogP contribution in [-0.4, -0.2) is 55.0 Å². The van der Waals surface area contributed by atoms with Crippen molar-refractivity contribution < 1.29 is 45.6 Å². The molecule has 0 spiro atoms. The van der Waals surface area contributed by atoms with E-state index in [1.165, 1.54) is 0 Å². The molecular weight excluding hydrogens is 426 g/mol. The molecule has 1 N–H and O–H groups in total. The Bertz CT molecular complexity index is 731. The average molecular weight is 447 g/mol. The van der Waals surface area contributed by atoms with Gasteiger partial charge in [0, 0.05) is 6.42 Å². The van der Waals surface area contributed by atoms with Crippen molar-refractivity contribution in [3.05, 3.63) is 0 Å². The fourth-order valence-electron chi connectivity index (χ4n) is 5.36. The van der Waals surface area contributed by atoms with Gasteiger partial charge in [-0.3, -0.25) is 9.35 Å². The van der Waals surface area contributed by atoms with E-state index in [0.717, 1.165) is 6.42 Å². The second kappa shape index (κ2) is 7.56. The van der Waals surface area contributed by atoms with Crippen LogP contribution < -0.4 is 0 Å². The Morgan fingerprint density at radius 3 is 2.29 bits per heavy atom. The summed E-state index contributed by atoms with van der Waals surface area (Å²) < 4.78 is 71.9. The van der Waals surface area contributed by atoms with Gasteiger partial charge in [-0.2, -0.15) is 8.42 Å². The maximum absolute atomic E-state index is 13.7. The van der Waals surface area contributed by atoms with E-state index in [9.17, 15) is 26.8 Å². The molecule has 4 bridgehead atoms. The van der Waals surface area contributed by atoms with E-state index in [1.54, 1.807) is 0 Å². The van der Waals surface area contributed by atoms with Gasteiger partial charge in [-0.15, -0.1) is 0 Å². The Balaban J connectivity index is 1.69. The highest BCUT2D eigenvalue weighted by Crippen LogP contribution is 2.63. The van der Waals surface area contributed by atoms with Crippen molar-refractivity contribution in [1.82, 2.24) is 0 Å². The molecule has 28 heavy (non-hydrogen) atoms. The molecule has 4 saturated carbocycles. The molecule has 4 rings (SSSR count). The van der Waals surface area contributed by atoms with Gasteiger partial charge in [0.1, 0.15) is 12.2 Å². The van der Waals surface area contributed by atoms with Gasteiger partial charge >= 0.3 is 22.2 Å². The minimum Gasteiger partial charge on any atom is -0.462 e. The first-order chi connectivity index (χ1) is 13.0.